The molecule has 2 amide bonds. The summed E-state index contributed by atoms with van der Waals surface area (Å²) in [6.45, 7) is -0.432. The molecule has 0 unspecified atom stereocenters. The average Bonchev–Trinajstić information content (AvgIpc) is 2.62. The van der Waals surface area contributed by atoms with E-state index in [1.807, 2.05) is 0 Å². The highest BCUT2D eigenvalue weighted by atomic mass is 35.5. The van der Waals surface area contributed by atoms with E-state index in [0.717, 1.165) is 9.87 Å². The predicted octanol–water partition coefficient (Wildman–Crippen LogP) is 1.35. The van der Waals surface area contributed by atoms with E-state index < -0.39 is 28.4 Å². The van der Waals surface area contributed by atoms with Crippen molar-refractivity contribution < 1.29 is 18.0 Å². The second-order valence-electron chi connectivity index (χ2n) is 5.47. The third-order valence-electron chi connectivity index (χ3n) is 3.44. The molecular formula is C17H18ClN3O4S. The van der Waals surface area contributed by atoms with E-state index >= 15 is 0 Å². The Morgan fingerprint density at radius 3 is 2.15 bits per heavy atom. The molecule has 7 nitrogen and oxygen atoms in total. The van der Waals surface area contributed by atoms with E-state index in [2.05, 4.69) is 10.9 Å². The van der Waals surface area contributed by atoms with E-state index in [4.69, 9.17) is 11.6 Å². The fourth-order valence-electron chi connectivity index (χ4n) is 2.07. The Hall–Kier alpha value is -2.42. The number of nitrogens with zero attached hydrogens (tertiary/aromatic N) is 1. The van der Waals surface area contributed by atoms with E-state index in [1.54, 1.807) is 42.5 Å². The lowest BCUT2D eigenvalue weighted by atomic mass is 10.1. The Morgan fingerprint density at radius 2 is 1.54 bits per heavy atom. The van der Waals surface area contributed by atoms with Crippen LogP contribution >= 0.6 is 11.6 Å². The zero-order valence-corrected chi connectivity index (χ0v) is 15.5. The van der Waals surface area contributed by atoms with Crippen molar-refractivity contribution in [3.8, 4) is 0 Å². The van der Waals surface area contributed by atoms with Crippen LogP contribution in [0.5, 0.6) is 0 Å². The van der Waals surface area contributed by atoms with Crippen LogP contribution in [0.15, 0.2) is 59.5 Å². The summed E-state index contributed by atoms with van der Waals surface area (Å²) in [5.41, 5.74) is 5.17. The van der Waals surface area contributed by atoms with Crippen molar-refractivity contribution in [2.75, 3.05) is 13.6 Å². The summed E-state index contributed by atoms with van der Waals surface area (Å²) in [6, 6.07) is 14.5. The number of carbonyl (C=O) groups excluding carboxylic acids is 2. The number of nitrogens with one attached hydrogen (secondary N) is 2. The van der Waals surface area contributed by atoms with Gasteiger partial charge in [0.05, 0.1) is 17.9 Å². The molecule has 26 heavy (non-hydrogen) atoms. The molecule has 0 spiro atoms. The van der Waals surface area contributed by atoms with Crippen molar-refractivity contribution >= 4 is 33.4 Å². The van der Waals surface area contributed by atoms with Gasteiger partial charge in [-0.1, -0.05) is 41.9 Å². The number of likely N-dealkylation sites (N-methyl/N-ethyl adjacent to an activating group) is 1. The minimum absolute atomic E-state index is 0.0512. The Morgan fingerprint density at radius 1 is 0.962 bits per heavy atom. The minimum atomic E-state index is -3.78. The highest BCUT2D eigenvalue weighted by Crippen LogP contribution is 2.13. The molecule has 2 rings (SSSR count). The second kappa shape index (κ2) is 8.79. The quantitative estimate of drug-likeness (QED) is 0.722. The van der Waals surface area contributed by atoms with Crippen LogP contribution in [0, 0.1) is 0 Å². The maximum Gasteiger partial charge on any atom is 0.253 e. The summed E-state index contributed by atoms with van der Waals surface area (Å²) in [5, 5.41) is 0.560. The number of halogens is 1. The van der Waals surface area contributed by atoms with Crippen molar-refractivity contribution in [1.29, 1.82) is 0 Å². The van der Waals surface area contributed by atoms with Crippen LogP contribution in [-0.4, -0.2) is 38.1 Å². The topological polar surface area (TPSA) is 95.6 Å². The molecular weight excluding hydrogens is 378 g/mol. The third-order valence-corrected chi connectivity index (χ3v) is 5.51. The predicted molar refractivity (Wildman–Crippen MR) is 97.7 cm³/mol. The molecule has 0 aliphatic rings. The first-order valence-electron chi connectivity index (χ1n) is 7.62. The summed E-state index contributed by atoms with van der Waals surface area (Å²) in [7, 11) is -2.49. The molecule has 0 aliphatic carbocycles. The fourth-order valence-corrected chi connectivity index (χ4v) is 3.34. The van der Waals surface area contributed by atoms with Gasteiger partial charge in [-0.3, -0.25) is 20.4 Å². The normalized spacial score (nSPS) is 11.2. The van der Waals surface area contributed by atoms with Gasteiger partial charge in [0, 0.05) is 12.1 Å². The maximum absolute atomic E-state index is 12.3. The van der Waals surface area contributed by atoms with Crippen molar-refractivity contribution in [2.45, 2.75) is 11.3 Å². The number of sulfonamides is 1. The van der Waals surface area contributed by atoms with Gasteiger partial charge in [-0.2, -0.15) is 4.31 Å². The smallest absolute Gasteiger partial charge is 0.253 e. The molecule has 0 aliphatic heterocycles. The molecule has 0 saturated carbocycles. The number of carbonyl (C=O) groups is 2. The summed E-state index contributed by atoms with van der Waals surface area (Å²) >= 11 is 5.77. The number of rotatable bonds is 6. The Labute approximate surface area is 157 Å². The van der Waals surface area contributed by atoms with Crippen LogP contribution in [0.3, 0.4) is 0 Å². The van der Waals surface area contributed by atoms with Gasteiger partial charge in [0.15, 0.2) is 0 Å². The molecule has 0 bridgehead atoms. The standard InChI is InChI=1S/C17H18ClN3O4S/c1-21(26(24,25)15-5-3-2-4-6-15)12-17(23)20-19-16(22)11-13-7-9-14(18)10-8-13/h2-10H,11-12H2,1H3,(H,19,22)(H,20,23). The molecule has 138 valence electrons. The molecule has 9 heteroatoms. The first-order valence-corrected chi connectivity index (χ1v) is 9.44. The van der Waals surface area contributed by atoms with Gasteiger partial charge >= 0.3 is 0 Å². The van der Waals surface area contributed by atoms with E-state index in [0.29, 0.717) is 5.02 Å². The molecule has 2 aromatic carbocycles. The number of hydrazine groups is 1. The first-order chi connectivity index (χ1) is 12.3. The number of hydrogen-bond donors (Lipinski definition) is 2. The van der Waals surface area contributed by atoms with E-state index in [9.17, 15) is 18.0 Å². The third kappa shape index (κ3) is 5.55. The molecule has 2 N–H and O–H groups in total. The zero-order valence-electron chi connectivity index (χ0n) is 14.0. The summed E-state index contributed by atoms with van der Waals surface area (Å²) in [4.78, 5) is 23.8. The maximum atomic E-state index is 12.3. The molecule has 0 fully saturated rings. The fraction of sp³-hybridized carbons (Fsp3) is 0.176. The van der Waals surface area contributed by atoms with Gasteiger partial charge in [0.25, 0.3) is 5.91 Å². The Kier molecular flexibility index (Phi) is 6.73. The lowest BCUT2D eigenvalue weighted by Crippen LogP contribution is -2.47. The van der Waals surface area contributed by atoms with Crippen molar-refractivity contribution in [1.82, 2.24) is 15.2 Å². The van der Waals surface area contributed by atoms with Gasteiger partial charge in [0.1, 0.15) is 0 Å². The molecule has 0 atom stereocenters. The molecule has 0 heterocycles. The minimum Gasteiger partial charge on any atom is -0.273 e. The molecule has 0 radical (unpaired) electrons. The number of benzene rings is 2. The van der Waals surface area contributed by atoms with Crippen LogP contribution in [0.1, 0.15) is 5.56 Å². The van der Waals surface area contributed by atoms with Gasteiger partial charge in [-0.05, 0) is 29.8 Å². The van der Waals surface area contributed by atoms with Crippen LogP contribution in [-0.2, 0) is 26.0 Å². The largest absolute Gasteiger partial charge is 0.273 e. The Balaban J connectivity index is 1.84. The summed E-state index contributed by atoms with van der Waals surface area (Å²) in [5.74, 6) is -1.09. The highest BCUT2D eigenvalue weighted by molar-refractivity contribution is 7.89. The Bertz CT molecular complexity index is 871. The van der Waals surface area contributed by atoms with Gasteiger partial charge in [-0.15, -0.1) is 0 Å². The zero-order chi connectivity index (χ0) is 19.2. The molecule has 0 saturated heterocycles. The van der Waals surface area contributed by atoms with Crippen molar-refractivity contribution in [2.24, 2.45) is 0 Å². The SMILES string of the molecule is CN(CC(=O)NNC(=O)Cc1ccc(Cl)cc1)S(=O)(=O)c1ccccc1. The van der Waals surface area contributed by atoms with Crippen molar-refractivity contribution in [3.63, 3.8) is 0 Å². The van der Waals surface area contributed by atoms with Crippen molar-refractivity contribution in [3.05, 3.63) is 65.2 Å². The van der Waals surface area contributed by atoms with Gasteiger partial charge in [-0.25, -0.2) is 8.42 Å². The first kappa shape index (κ1) is 19.9. The molecule has 0 aromatic heterocycles. The summed E-state index contributed by atoms with van der Waals surface area (Å²) in [6.07, 6.45) is 0.0512. The average molecular weight is 396 g/mol. The van der Waals surface area contributed by atoms with E-state index in [1.165, 1.54) is 19.2 Å². The highest BCUT2D eigenvalue weighted by Gasteiger charge is 2.22. The second-order valence-corrected chi connectivity index (χ2v) is 7.96. The van der Waals surface area contributed by atoms with Crippen LogP contribution in [0.4, 0.5) is 0 Å². The van der Waals surface area contributed by atoms with E-state index in [-0.39, 0.29) is 11.3 Å². The number of amides is 2. The van der Waals surface area contributed by atoms with Crippen LogP contribution in [0.2, 0.25) is 5.02 Å². The molecule has 2 aromatic rings. The van der Waals surface area contributed by atoms with Crippen LogP contribution in [0.25, 0.3) is 0 Å². The monoisotopic (exact) mass is 395 g/mol. The lowest BCUT2D eigenvalue weighted by molar-refractivity contribution is -0.128. The number of hydrogen-bond acceptors (Lipinski definition) is 4. The summed E-state index contributed by atoms with van der Waals surface area (Å²) < 4.78 is 25.6. The van der Waals surface area contributed by atoms with Gasteiger partial charge in [0.2, 0.25) is 15.9 Å². The van der Waals surface area contributed by atoms with Crippen LogP contribution < -0.4 is 10.9 Å². The van der Waals surface area contributed by atoms with Gasteiger partial charge < -0.3 is 0 Å². The lowest BCUT2D eigenvalue weighted by Gasteiger charge is -2.17.